The maximum Gasteiger partial charge on any atom is 0.125 e. The minimum absolute atomic E-state index is 0.131. The van der Waals surface area contributed by atoms with Gasteiger partial charge in [0.2, 0.25) is 0 Å². The Morgan fingerprint density at radius 2 is 2.11 bits per heavy atom. The summed E-state index contributed by atoms with van der Waals surface area (Å²) in [7, 11) is 0. The lowest BCUT2D eigenvalue weighted by atomic mass is 9.96. The molecule has 2 nitrogen and oxygen atoms in total. The number of benzene rings is 1. The third kappa shape index (κ3) is 2.48. The maximum atomic E-state index is 13.5. The highest BCUT2D eigenvalue weighted by Gasteiger charge is 2.37. The molecule has 3 rings (SSSR count). The van der Waals surface area contributed by atoms with Crippen molar-refractivity contribution in [3.63, 3.8) is 0 Å². The molecule has 2 aliphatic rings. The van der Waals surface area contributed by atoms with E-state index in [9.17, 15) is 4.39 Å². The van der Waals surface area contributed by atoms with Gasteiger partial charge in [-0.15, -0.1) is 0 Å². The smallest absolute Gasteiger partial charge is 0.125 e. The van der Waals surface area contributed by atoms with Gasteiger partial charge in [0.1, 0.15) is 5.82 Å². The van der Waals surface area contributed by atoms with Gasteiger partial charge in [-0.2, -0.15) is 0 Å². The van der Waals surface area contributed by atoms with Gasteiger partial charge in [0.25, 0.3) is 0 Å². The number of halogens is 1. The zero-order valence-corrected chi connectivity index (χ0v) is 11.8. The molecule has 3 heteroatoms. The molecule has 0 spiro atoms. The topological polar surface area (TPSA) is 6.48 Å². The van der Waals surface area contributed by atoms with Gasteiger partial charge in [-0.1, -0.05) is 19.9 Å². The van der Waals surface area contributed by atoms with Crippen molar-refractivity contribution in [1.29, 1.82) is 0 Å². The lowest BCUT2D eigenvalue weighted by Crippen LogP contribution is -2.58. The van der Waals surface area contributed by atoms with Crippen molar-refractivity contribution in [2.45, 2.75) is 38.8 Å². The Labute approximate surface area is 115 Å². The molecule has 2 saturated heterocycles. The van der Waals surface area contributed by atoms with Gasteiger partial charge in [-0.3, -0.25) is 4.90 Å². The summed E-state index contributed by atoms with van der Waals surface area (Å²) in [5, 5.41) is 0. The van der Waals surface area contributed by atoms with Crippen molar-refractivity contribution < 1.29 is 4.39 Å². The first-order chi connectivity index (χ1) is 9.15. The molecule has 2 atom stereocenters. The fraction of sp³-hybridized carbons (Fsp3) is 0.625. The number of nitrogens with zero attached hydrogens (tertiary/aromatic N) is 2. The third-order valence-electron chi connectivity index (χ3n) is 4.64. The highest BCUT2D eigenvalue weighted by atomic mass is 19.1. The molecule has 0 N–H and O–H groups in total. The zero-order valence-electron chi connectivity index (χ0n) is 11.8. The van der Waals surface area contributed by atoms with Crippen LogP contribution in [-0.2, 0) is 0 Å². The van der Waals surface area contributed by atoms with Crippen molar-refractivity contribution in [2.75, 3.05) is 24.5 Å². The Balaban J connectivity index is 1.88. The van der Waals surface area contributed by atoms with Crippen LogP contribution in [-0.4, -0.2) is 36.6 Å². The highest BCUT2D eigenvalue weighted by molar-refractivity contribution is 5.48. The largest absolute Gasteiger partial charge is 0.365 e. The minimum Gasteiger partial charge on any atom is -0.365 e. The minimum atomic E-state index is -0.131. The van der Waals surface area contributed by atoms with Crippen LogP contribution in [0.4, 0.5) is 10.1 Å². The van der Waals surface area contributed by atoms with Crippen LogP contribution >= 0.6 is 0 Å². The number of hydrogen-bond acceptors (Lipinski definition) is 2. The summed E-state index contributed by atoms with van der Waals surface area (Å²) in [6, 6.07) is 8.24. The van der Waals surface area contributed by atoms with Crippen LogP contribution in [0.3, 0.4) is 0 Å². The van der Waals surface area contributed by atoms with Crippen molar-refractivity contribution in [1.82, 2.24) is 4.90 Å². The number of rotatable bonds is 2. The van der Waals surface area contributed by atoms with Gasteiger partial charge >= 0.3 is 0 Å². The van der Waals surface area contributed by atoms with Crippen molar-refractivity contribution in [3.05, 3.63) is 30.1 Å². The molecule has 1 aromatic rings. The second-order valence-corrected chi connectivity index (χ2v) is 6.23. The Bertz CT molecular complexity index is 446. The van der Waals surface area contributed by atoms with Gasteiger partial charge in [0, 0.05) is 30.9 Å². The highest BCUT2D eigenvalue weighted by Crippen LogP contribution is 2.31. The molecule has 2 unspecified atom stereocenters. The molecule has 0 bridgehead atoms. The van der Waals surface area contributed by atoms with Crippen molar-refractivity contribution >= 4 is 5.69 Å². The molecule has 2 aliphatic heterocycles. The molecule has 0 aromatic heterocycles. The lowest BCUT2D eigenvalue weighted by Gasteiger charge is -2.46. The van der Waals surface area contributed by atoms with Crippen molar-refractivity contribution in [2.24, 2.45) is 5.92 Å². The normalized spacial score (nSPS) is 27.9. The number of piperazine rings is 1. The average molecular weight is 262 g/mol. The van der Waals surface area contributed by atoms with Crippen LogP contribution in [0.25, 0.3) is 0 Å². The van der Waals surface area contributed by atoms with Gasteiger partial charge in [-0.05, 0) is 43.5 Å². The van der Waals surface area contributed by atoms with Crippen LogP contribution in [0.5, 0.6) is 0 Å². The molecule has 1 aromatic carbocycles. The van der Waals surface area contributed by atoms with Gasteiger partial charge in [0.05, 0.1) is 0 Å². The van der Waals surface area contributed by atoms with Gasteiger partial charge < -0.3 is 4.90 Å². The van der Waals surface area contributed by atoms with E-state index in [-0.39, 0.29) is 5.82 Å². The van der Waals surface area contributed by atoms with E-state index in [1.807, 2.05) is 12.1 Å². The van der Waals surface area contributed by atoms with E-state index in [0.717, 1.165) is 18.8 Å². The second kappa shape index (κ2) is 5.12. The zero-order chi connectivity index (χ0) is 13.4. The summed E-state index contributed by atoms with van der Waals surface area (Å²) in [5.74, 6) is 0.457. The van der Waals surface area contributed by atoms with Gasteiger partial charge in [-0.25, -0.2) is 4.39 Å². The van der Waals surface area contributed by atoms with Crippen LogP contribution < -0.4 is 4.90 Å². The van der Waals surface area contributed by atoms with Crippen LogP contribution in [0.2, 0.25) is 0 Å². The predicted octanol–water partition coefficient (Wildman–Crippen LogP) is 3.13. The molecule has 0 saturated carbocycles. The summed E-state index contributed by atoms with van der Waals surface area (Å²) in [6.45, 7) is 7.96. The second-order valence-electron chi connectivity index (χ2n) is 6.23. The van der Waals surface area contributed by atoms with E-state index < -0.39 is 0 Å². The molecule has 0 radical (unpaired) electrons. The molecule has 0 amide bonds. The van der Waals surface area contributed by atoms with E-state index in [1.165, 1.54) is 25.5 Å². The van der Waals surface area contributed by atoms with E-state index in [4.69, 9.17) is 0 Å². The summed E-state index contributed by atoms with van der Waals surface area (Å²) < 4.78 is 13.5. The first kappa shape index (κ1) is 12.9. The van der Waals surface area contributed by atoms with E-state index in [1.54, 1.807) is 6.07 Å². The SMILES string of the molecule is CC(C)C1CN2CCCC2CN1c1cccc(F)c1. The lowest BCUT2D eigenvalue weighted by molar-refractivity contribution is 0.176. The molecular formula is C16H23FN2. The molecular weight excluding hydrogens is 239 g/mol. The molecule has 2 heterocycles. The quantitative estimate of drug-likeness (QED) is 0.808. The average Bonchev–Trinajstić information content (AvgIpc) is 2.84. The number of hydrogen-bond donors (Lipinski definition) is 0. The van der Waals surface area contributed by atoms with Crippen LogP contribution in [0.1, 0.15) is 26.7 Å². The molecule has 0 aliphatic carbocycles. The van der Waals surface area contributed by atoms with Crippen LogP contribution in [0, 0.1) is 11.7 Å². The maximum absolute atomic E-state index is 13.5. The Hall–Kier alpha value is -1.09. The first-order valence-corrected chi connectivity index (χ1v) is 7.41. The number of fused-ring (bicyclic) bond motifs is 1. The Morgan fingerprint density at radius 1 is 1.26 bits per heavy atom. The molecule has 2 fully saturated rings. The Kier molecular flexibility index (Phi) is 3.48. The summed E-state index contributed by atoms with van der Waals surface area (Å²) in [4.78, 5) is 5.06. The summed E-state index contributed by atoms with van der Waals surface area (Å²) >= 11 is 0. The molecule has 19 heavy (non-hydrogen) atoms. The number of anilines is 1. The fourth-order valence-electron chi connectivity index (χ4n) is 3.57. The van der Waals surface area contributed by atoms with Gasteiger partial charge in [0.15, 0.2) is 0 Å². The van der Waals surface area contributed by atoms with Crippen LogP contribution in [0.15, 0.2) is 24.3 Å². The Morgan fingerprint density at radius 3 is 2.84 bits per heavy atom. The predicted molar refractivity (Wildman–Crippen MR) is 77.0 cm³/mol. The summed E-state index contributed by atoms with van der Waals surface area (Å²) in [6.07, 6.45) is 2.60. The summed E-state index contributed by atoms with van der Waals surface area (Å²) in [5.41, 5.74) is 1.05. The first-order valence-electron chi connectivity index (χ1n) is 7.41. The monoisotopic (exact) mass is 262 g/mol. The fourth-order valence-corrected chi connectivity index (χ4v) is 3.57. The standard InChI is InChI=1S/C16H23FN2/c1-12(2)16-11-18-8-4-7-15(18)10-19(16)14-6-3-5-13(17)9-14/h3,5-6,9,12,15-16H,4,7-8,10-11H2,1-2H3. The molecule has 104 valence electrons. The van der Waals surface area contributed by atoms with Crippen molar-refractivity contribution in [3.8, 4) is 0 Å². The third-order valence-corrected chi connectivity index (χ3v) is 4.64. The van der Waals surface area contributed by atoms with E-state index in [0.29, 0.717) is 18.0 Å². The van der Waals surface area contributed by atoms with E-state index >= 15 is 0 Å². The van der Waals surface area contributed by atoms with E-state index in [2.05, 4.69) is 23.6 Å².